The second-order valence-corrected chi connectivity index (χ2v) is 9.99. The molecule has 0 bridgehead atoms. The number of esters is 1. The minimum absolute atomic E-state index is 0.0608. The zero-order valence-corrected chi connectivity index (χ0v) is 20.5. The number of halogens is 1. The topological polar surface area (TPSA) is 158 Å². The Hall–Kier alpha value is -2.83. The third kappa shape index (κ3) is 6.48. The van der Waals surface area contributed by atoms with E-state index in [0.717, 1.165) is 12.3 Å². The smallest absolute Gasteiger partial charge is 0.459 e. The van der Waals surface area contributed by atoms with Gasteiger partial charge in [-0.1, -0.05) is 18.2 Å². The molecule has 0 spiro atoms. The van der Waals surface area contributed by atoms with Gasteiger partial charge < -0.3 is 19.1 Å². The molecule has 36 heavy (non-hydrogen) atoms. The molecule has 198 valence electrons. The van der Waals surface area contributed by atoms with Crippen molar-refractivity contribution in [2.24, 2.45) is 0 Å². The van der Waals surface area contributed by atoms with Gasteiger partial charge in [-0.05, 0) is 39.8 Å². The van der Waals surface area contributed by atoms with Gasteiger partial charge in [-0.2, -0.15) is 5.09 Å². The van der Waals surface area contributed by atoms with Crippen LogP contribution in [-0.2, 0) is 23.4 Å². The number of aromatic nitrogens is 2. The number of carbonyl (C=O) groups is 1. The predicted molar refractivity (Wildman–Crippen MR) is 125 cm³/mol. The van der Waals surface area contributed by atoms with Gasteiger partial charge in [0, 0.05) is 16.4 Å². The number of ether oxygens (including phenoxy) is 2. The Kier molecular flexibility index (Phi) is 7.24. The molecule has 0 aliphatic carbocycles. The molecular formula is C22H29FN3O9P. The third-order valence-electron chi connectivity index (χ3n) is 4.98. The average Bonchev–Trinajstić information content (AvgIpc) is 3.09. The molecule has 0 radical (unpaired) electrons. The number of nitrogens with zero attached hydrogens (tertiary/aromatic N) is 1. The van der Waals surface area contributed by atoms with Gasteiger partial charge in [-0.3, -0.25) is 23.7 Å². The van der Waals surface area contributed by atoms with Gasteiger partial charge in [0.1, 0.15) is 24.0 Å². The molecule has 1 aliphatic heterocycles. The van der Waals surface area contributed by atoms with Gasteiger partial charge in [0.15, 0.2) is 11.9 Å². The Balaban J connectivity index is 1.90. The Morgan fingerprint density at radius 3 is 2.64 bits per heavy atom. The first-order valence-corrected chi connectivity index (χ1v) is 12.4. The number of H-pyrrole nitrogens is 1. The Morgan fingerprint density at radius 1 is 1.33 bits per heavy atom. The van der Waals surface area contributed by atoms with Crippen molar-refractivity contribution in [1.29, 1.82) is 0 Å². The van der Waals surface area contributed by atoms with E-state index in [1.165, 1.54) is 19.1 Å². The van der Waals surface area contributed by atoms with E-state index in [4.69, 9.17) is 22.6 Å². The summed E-state index contributed by atoms with van der Waals surface area (Å²) in [4.78, 5) is 37.9. The number of nitrogens with one attached hydrogen (secondary N) is 2. The second-order valence-electron chi connectivity index (χ2n) is 8.29. The van der Waals surface area contributed by atoms with Gasteiger partial charge >= 0.3 is 19.4 Å². The van der Waals surface area contributed by atoms with Crippen molar-refractivity contribution in [1.82, 2.24) is 14.6 Å². The molecule has 2 heterocycles. The summed E-state index contributed by atoms with van der Waals surface area (Å²) in [5.41, 5.74) is -5.57. The summed E-state index contributed by atoms with van der Waals surface area (Å²) in [7, 11) is -4.48. The summed E-state index contributed by atoms with van der Waals surface area (Å²) in [5, 5.41) is 13.1. The van der Waals surface area contributed by atoms with E-state index in [1.807, 2.05) is 4.98 Å². The number of alkyl halides is 1. The maximum atomic E-state index is 16.1. The van der Waals surface area contributed by atoms with E-state index in [9.17, 15) is 24.1 Å². The third-order valence-corrected chi connectivity index (χ3v) is 6.63. The number of aromatic amines is 1. The normalized spacial score (nSPS) is 27.9. The quantitative estimate of drug-likeness (QED) is 0.233. The Labute approximate surface area is 210 Å². The van der Waals surface area contributed by atoms with Gasteiger partial charge in [0.25, 0.3) is 5.56 Å². The zero-order valence-electron chi connectivity index (χ0n) is 22.6. The van der Waals surface area contributed by atoms with Crippen molar-refractivity contribution in [3.63, 3.8) is 0 Å². The Morgan fingerprint density at radius 2 is 2.03 bits per heavy atom. The molecule has 1 aromatic heterocycles. The fraction of sp³-hybridized carbons (Fsp3) is 0.500. The van der Waals surface area contributed by atoms with E-state index in [1.54, 1.807) is 32.0 Å². The molecular weight excluding hydrogens is 501 g/mol. The van der Waals surface area contributed by atoms with Crippen LogP contribution in [-0.4, -0.2) is 57.3 Å². The first-order chi connectivity index (χ1) is 18.1. The van der Waals surface area contributed by atoms with Crippen LogP contribution >= 0.6 is 7.75 Å². The van der Waals surface area contributed by atoms with Crippen molar-refractivity contribution in [2.45, 2.75) is 63.9 Å². The molecule has 1 fully saturated rings. The van der Waals surface area contributed by atoms with E-state index in [2.05, 4.69) is 5.09 Å². The van der Waals surface area contributed by atoms with Crippen LogP contribution in [0, 0.1) is 0 Å². The molecule has 1 aromatic carbocycles. The van der Waals surface area contributed by atoms with Crippen LogP contribution < -0.4 is 20.9 Å². The van der Waals surface area contributed by atoms with E-state index in [-0.39, 0.29) is 5.75 Å². The molecule has 2 aromatic rings. The number of hydrogen-bond donors (Lipinski definition) is 3. The summed E-state index contributed by atoms with van der Waals surface area (Å²) in [5.74, 6) is -0.726. The van der Waals surface area contributed by atoms with Crippen LogP contribution in [0.3, 0.4) is 0 Å². The first kappa shape index (κ1) is 23.6. The minimum atomic E-state index is -4.48. The molecule has 6 atom stereocenters. The largest absolute Gasteiger partial charge is 0.462 e. The maximum Gasteiger partial charge on any atom is 0.459 e. The highest BCUT2D eigenvalue weighted by Crippen LogP contribution is 2.47. The number of rotatable bonds is 10. The second kappa shape index (κ2) is 11.1. The number of benzene rings is 1. The lowest BCUT2D eigenvalue weighted by Gasteiger charge is -2.25. The molecule has 0 amide bonds. The van der Waals surface area contributed by atoms with Crippen LogP contribution in [0.5, 0.6) is 5.75 Å². The highest BCUT2D eigenvalue weighted by Gasteiger charge is 2.55. The standard InChI is InChI=1S/C22H29FN3O9P/c1-13(2)33-19(29)14(3)25-36(31,35-15-8-6-5-7-9-15)32-12-16-18(28)22(4,23)20(34-16)26-11-10-17(27)24-21(26)30/h5-11,13-14,16,18,20,28H,12H2,1-4H3,(H,25,31)(H,24,27,30)/t14-,16+,18+,20+,22+,36?/m0/s1/i4+1D3. The summed E-state index contributed by atoms with van der Waals surface area (Å²) in [6, 6.07) is 7.30. The molecule has 1 unspecified atom stereocenters. The highest BCUT2D eigenvalue weighted by atomic mass is 31.2. The van der Waals surface area contributed by atoms with E-state index >= 15 is 4.39 Å². The monoisotopic (exact) mass is 533 g/mol. The van der Waals surface area contributed by atoms with Crippen LogP contribution in [0.15, 0.2) is 52.2 Å². The summed E-state index contributed by atoms with van der Waals surface area (Å²) >= 11 is 0. The van der Waals surface area contributed by atoms with Crippen LogP contribution in [0.25, 0.3) is 0 Å². The number of para-hydroxylation sites is 1. The van der Waals surface area contributed by atoms with Crippen molar-refractivity contribution in [3.05, 3.63) is 63.4 Å². The molecule has 1 saturated heterocycles. The molecule has 0 saturated carbocycles. The van der Waals surface area contributed by atoms with E-state index < -0.39 is 74.7 Å². The maximum absolute atomic E-state index is 16.1. The van der Waals surface area contributed by atoms with Crippen molar-refractivity contribution in [2.75, 3.05) is 6.61 Å². The molecule has 14 heteroatoms. The van der Waals surface area contributed by atoms with Gasteiger partial charge in [0.2, 0.25) is 0 Å². The number of carbonyl (C=O) groups excluding carboxylic acids is 1. The zero-order chi connectivity index (χ0) is 29.2. The summed E-state index contributed by atoms with van der Waals surface area (Å²) in [6.45, 7) is 0.131. The van der Waals surface area contributed by atoms with Gasteiger partial charge in [-0.25, -0.2) is 13.8 Å². The summed E-state index contributed by atoms with van der Waals surface area (Å²) < 4.78 is 74.6. The lowest BCUT2D eigenvalue weighted by molar-refractivity contribution is -0.149. The van der Waals surface area contributed by atoms with Crippen LogP contribution in [0.1, 0.15) is 38.0 Å². The lowest BCUT2D eigenvalue weighted by atomic mass is 10.0. The molecule has 3 rings (SSSR count). The average molecular weight is 533 g/mol. The number of hydrogen-bond acceptors (Lipinski definition) is 9. The Bertz CT molecular complexity index is 1320. The molecule has 3 N–H and O–H groups in total. The van der Waals surface area contributed by atoms with Crippen molar-refractivity contribution < 1.29 is 41.5 Å². The number of aliphatic hydroxyl groups excluding tert-OH is 1. The van der Waals surface area contributed by atoms with Crippen LogP contribution in [0.4, 0.5) is 4.39 Å². The SMILES string of the molecule is [2H][13C]([2H])([2H])[C@@]1(F)[C@H](O)[C@@H](COP(=O)(N[C@@H](C)C(=O)OC(C)C)Oc2ccccc2)O[C@H]1n1ccc(=O)[nH]c1=O. The van der Waals surface area contributed by atoms with E-state index in [0.29, 0.717) is 4.57 Å². The molecule has 12 nitrogen and oxygen atoms in total. The highest BCUT2D eigenvalue weighted by molar-refractivity contribution is 7.52. The van der Waals surface area contributed by atoms with Gasteiger partial charge in [-0.15, -0.1) is 0 Å². The fourth-order valence-corrected chi connectivity index (χ4v) is 4.77. The fourth-order valence-electron chi connectivity index (χ4n) is 3.27. The predicted octanol–water partition coefficient (Wildman–Crippen LogP) is 1.66. The number of aliphatic hydroxyl groups is 1. The van der Waals surface area contributed by atoms with Crippen molar-refractivity contribution in [3.8, 4) is 5.75 Å². The lowest BCUT2D eigenvalue weighted by Crippen LogP contribution is -2.43. The van der Waals surface area contributed by atoms with Crippen molar-refractivity contribution >= 4 is 13.7 Å². The minimum Gasteiger partial charge on any atom is -0.462 e. The van der Waals surface area contributed by atoms with Crippen LogP contribution in [0.2, 0.25) is 0 Å². The first-order valence-electron chi connectivity index (χ1n) is 12.4. The molecule has 1 aliphatic rings. The summed E-state index contributed by atoms with van der Waals surface area (Å²) in [6.07, 6.45) is -6.09. The van der Waals surface area contributed by atoms with Gasteiger partial charge in [0.05, 0.1) is 12.7 Å².